The fourth-order valence-electron chi connectivity index (χ4n) is 2.78. The molecule has 0 bridgehead atoms. The van der Waals surface area contributed by atoms with Crippen LogP contribution in [0, 0.1) is 5.92 Å². The summed E-state index contributed by atoms with van der Waals surface area (Å²) < 4.78 is 5.14. The Hall–Kier alpha value is -0.650. The molecule has 18 heavy (non-hydrogen) atoms. The van der Waals surface area contributed by atoms with Gasteiger partial charge in [-0.05, 0) is 45.7 Å². The van der Waals surface area contributed by atoms with Gasteiger partial charge in [0.05, 0.1) is 12.1 Å². The molecule has 3 unspecified atom stereocenters. The molecule has 0 aliphatic heterocycles. The first kappa shape index (κ1) is 15.4. The van der Waals surface area contributed by atoms with Crippen LogP contribution in [0.1, 0.15) is 32.6 Å². The summed E-state index contributed by atoms with van der Waals surface area (Å²) in [6.07, 6.45) is 3.65. The normalized spacial score (nSPS) is 29.7. The van der Waals surface area contributed by atoms with Crippen molar-refractivity contribution in [2.75, 3.05) is 27.3 Å². The number of likely N-dealkylation sites (N-methyl/N-ethyl adjacent to an activating group) is 1. The van der Waals surface area contributed by atoms with Crippen molar-refractivity contribution in [1.29, 1.82) is 0 Å². The Morgan fingerprint density at radius 1 is 1.61 bits per heavy atom. The molecular weight excluding hydrogens is 230 g/mol. The Labute approximate surface area is 110 Å². The Kier molecular flexibility index (Phi) is 5.56. The quantitative estimate of drug-likeness (QED) is 0.688. The number of nitrogens with two attached hydrogens (primary N) is 2. The highest BCUT2D eigenvalue weighted by molar-refractivity contribution is 5.85. The molecule has 1 saturated carbocycles. The molecule has 0 aromatic carbocycles. The third-order valence-corrected chi connectivity index (χ3v) is 4.32. The molecule has 0 saturated heterocycles. The van der Waals surface area contributed by atoms with Crippen molar-refractivity contribution in [2.45, 2.75) is 44.2 Å². The Balaban J connectivity index is 2.45. The first-order valence-electron chi connectivity index (χ1n) is 6.69. The van der Waals surface area contributed by atoms with Crippen LogP contribution >= 0.6 is 0 Å². The zero-order valence-corrected chi connectivity index (χ0v) is 11.8. The van der Waals surface area contributed by atoms with E-state index in [0.717, 1.165) is 32.2 Å². The molecule has 5 heteroatoms. The molecule has 0 aromatic heterocycles. The minimum absolute atomic E-state index is 0.215. The van der Waals surface area contributed by atoms with Crippen molar-refractivity contribution < 1.29 is 9.53 Å². The number of hydrogen-bond acceptors (Lipinski definition) is 4. The second kappa shape index (κ2) is 6.50. The van der Waals surface area contributed by atoms with Gasteiger partial charge in [-0.15, -0.1) is 0 Å². The van der Waals surface area contributed by atoms with Crippen LogP contribution in [-0.2, 0) is 9.53 Å². The van der Waals surface area contributed by atoms with Gasteiger partial charge in [0, 0.05) is 13.2 Å². The van der Waals surface area contributed by atoms with E-state index in [0.29, 0.717) is 12.6 Å². The number of primary amides is 1. The number of methoxy groups -OCH3 is 1. The van der Waals surface area contributed by atoms with Gasteiger partial charge in [-0.25, -0.2) is 0 Å². The number of ether oxygens (including phenoxy) is 1. The molecule has 1 amide bonds. The fourth-order valence-corrected chi connectivity index (χ4v) is 2.78. The third-order valence-electron chi connectivity index (χ3n) is 4.32. The lowest BCUT2D eigenvalue weighted by Crippen LogP contribution is -2.55. The molecule has 1 rings (SSSR count). The van der Waals surface area contributed by atoms with Crippen molar-refractivity contribution in [3.05, 3.63) is 0 Å². The molecule has 1 aliphatic carbocycles. The summed E-state index contributed by atoms with van der Waals surface area (Å²) >= 11 is 0. The zero-order valence-electron chi connectivity index (χ0n) is 11.8. The number of rotatable bonds is 7. The highest BCUT2D eigenvalue weighted by Crippen LogP contribution is 2.35. The minimum Gasteiger partial charge on any atom is -0.383 e. The number of hydrogen-bond donors (Lipinski definition) is 2. The van der Waals surface area contributed by atoms with Gasteiger partial charge in [0.25, 0.3) is 0 Å². The van der Waals surface area contributed by atoms with E-state index in [9.17, 15) is 4.79 Å². The van der Waals surface area contributed by atoms with E-state index >= 15 is 0 Å². The lowest BCUT2D eigenvalue weighted by Gasteiger charge is -2.31. The molecular formula is C13H27N3O2. The van der Waals surface area contributed by atoms with E-state index in [1.54, 1.807) is 7.11 Å². The van der Waals surface area contributed by atoms with Crippen molar-refractivity contribution >= 4 is 5.91 Å². The van der Waals surface area contributed by atoms with Crippen LogP contribution in [0.5, 0.6) is 0 Å². The van der Waals surface area contributed by atoms with E-state index in [4.69, 9.17) is 16.2 Å². The largest absolute Gasteiger partial charge is 0.383 e. The summed E-state index contributed by atoms with van der Waals surface area (Å²) in [5.74, 6) is -0.134. The summed E-state index contributed by atoms with van der Waals surface area (Å²) in [5.41, 5.74) is 10.8. The van der Waals surface area contributed by atoms with Gasteiger partial charge in [-0.1, -0.05) is 6.42 Å². The molecule has 1 aliphatic rings. The van der Waals surface area contributed by atoms with Crippen LogP contribution < -0.4 is 11.5 Å². The average Bonchev–Trinajstić information content (AvgIpc) is 2.69. The SMILES string of the molecule is COCC(C)N(C)CCC1CCCC1(N)C(N)=O. The molecule has 3 atom stereocenters. The maximum atomic E-state index is 11.5. The van der Waals surface area contributed by atoms with E-state index in [2.05, 4.69) is 18.9 Å². The first-order valence-corrected chi connectivity index (χ1v) is 6.69. The van der Waals surface area contributed by atoms with E-state index in [1.165, 1.54) is 0 Å². The van der Waals surface area contributed by atoms with Crippen LogP contribution in [0.2, 0.25) is 0 Å². The summed E-state index contributed by atoms with van der Waals surface area (Å²) in [5, 5.41) is 0. The number of carbonyl (C=O) groups excluding carboxylic acids is 1. The van der Waals surface area contributed by atoms with Crippen LogP contribution in [0.4, 0.5) is 0 Å². The van der Waals surface area contributed by atoms with Crippen LogP contribution in [0.3, 0.4) is 0 Å². The van der Waals surface area contributed by atoms with Crippen LogP contribution in [0.15, 0.2) is 0 Å². The Bertz CT molecular complexity index is 285. The van der Waals surface area contributed by atoms with Crippen molar-refractivity contribution in [2.24, 2.45) is 17.4 Å². The second-order valence-electron chi connectivity index (χ2n) is 5.57. The number of amides is 1. The van der Waals surface area contributed by atoms with Gasteiger partial charge in [-0.3, -0.25) is 4.79 Å². The van der Waals surface area contributed by atoms with Gasteiger partial charge in [0.15, 0.2) is 0 Å². The molecule has 0 spiro atoms. The zero-order chi connectivity index (χ0) is 13.8. The van der Waals surface area contributed by atoms with Gasteiger partial charge in [0.2, 0.25) is 5.91 Å². The smallest absolute Gasteiger partial charge is 0.237 e. The highest BCUT2D eigenvalue weighted by Gasteiger charge is 2.43. The molecule has 0 aromatic rings. The third kappa shape index (κ3) is 3.43. The van der Waals surface area contributed by atoms with E-state index in [1.807, 2.05) is 0 Å². The topological polar surface area (TPSA) is 81.6 Å². The maximum absolute atomic E-state index is 11.5. The second-order valence-corrected chi connectivity index (χ2v) is 5.57. The van der Waals surface area contributed by atoms with Gasteiger partial charge < -0.3 is 21.1 Å². The molecule has 4 N–H and O–H groups in total. The monoisotopic (exact) mass is 257 g/mol. The van der Waals surface area contributed by atoms with Crippen LogP contribution in [-0.4, -0.2) is 49.7 Å². The average molecular weight is 257 g/mol. The fraction of sp³-hybridized carbons (Fsp3) is 0.923. The predicted molar refractivity (Wildman–Crippen MR) is 72.0 cm³/mol. The molecule has 1 fully saturated rings. The van der Waals surface area contributed by atoms with Crippen molar-refractivity contribution in [3.8, 4) is 0 Å². The van der Waals surface area contributed by atoms with Gasteiger partial charge in [0.1, 0.15) is 0 Å². The number of nitrogens with zero attached hydrogens (tertiary/aromatic N) is 1. The number of carbonyl (C=O) groups is 1. The van der Waals surface area contributed by atoms with Gasteiger partial charge >= 0.3 is 0 Å². The maximum Gasteiger partial charge on any atom is 0.237 e. The van der Waals surface area contributed by atoms with Crippen molar-refractivity contribution in [1.82, 2.24) is 4.90 Å². The summed E-state index contributed by atoms with van der Waals surface area (Å²) in [7, 11) is 3.78. The predicted octanol–water partition coefficient (Wildman–Crippen LogP) is 0.326. The highest BCUT2D eigenvalue weighted by atomic mass is 16.5. The summed E-state index contributed by atoms with van der Waals surface area (Å²) in [4.78, 5) is 13.7. The lowest BCUT2D eigenvalue weighted by molar-refractivity contribution is -0.124. The summed E-state index contributed by atoms with van der Waals surface area (Å²) in [6, 6.07) is 0.372. The molecule has 0 heterocycles. The Morgan fingerprint density at radius 2 is 2.28 bits per heavy atom. The molecule has 106 valence electrons. The first-order chi connectivity index (χ1) is 8.41. The van der Waals surface area contributed by atoms with Crippen molar-refractivity contribution in [3.63, 3.8) is 0 Å². The van der Waals surface area contributed by atoms with Crippen LogP contribution in [0.25, 0.3) is 0 Å². The standard InChI is InChI=1S/C13H27N3O2/c1-10(9-18-3)16(2)8-6-11-5-4-7-13(11,15)12(14)17/h10-11H,4-9,15H2,1-3H3,(H2,14,17). The summed E-state index contributed by atoms with van der Waals surface area (Å²) in [6.45, 7) is 3.76. The minimum atomic E-state index is -0.786. The van der Waals surface area contributed by atoms with Gasteiger partial charge in [-0.2, -0.15) is 0 Å². The van der Waals surface area contributed by atoms with E-state index < -0.39 is 5.54 Å². The molecule has 0 radical (unpaired) electrons. The lowest BCUT2D eigenvalue weighted by atomic mass is 9.85. The Morgan fingerprint density at radius 3 is 2.83 bits per heavy atom. The molecule has 5 nitrogen and oxygen atoms in total. The van der Waals surface area contributed by atoms with E-state index in [-0.39, 0.29) is 11.8 Å².